The van der Waals surface area contributed by atoms with Crippen LogP contribution < -0.4 is 0 Å². The summed E-state index contributed by atoms with van der Waals surface area (Å²) in [7, 11) is 0. The van der Waals surface area contributed by atoms with Gasteiger partial charge in [0.15, 0.2) is 0 Å². The van der Waals surface area contributed by atoms with Gasteiger partial charge in [-0.3, -0.25) is 14.9 Å². The number of piperidine rings is 1. The van der Waals surface area contributed by atoms with Gasteiger partial charge in [0, 0.05) is 43.5 Å². The number of aromatic nitrogens is 2. The Hall–Kier alpha value is -0.910. The van der Waals surface area contributed by atoms with Crippen molar-refractivity contribution in [3.8, 4) is 0 Å². The summed E-state index contributed by atoms with van der Waals surface area (Å²) in [5.74, 6) is 0. The smallest absolute Gasteiger partial charge is 0.0639 e. The minimum absolute atomic E-state index is 0.686. The minimum Gasteiger partial charge on any atom is -0.379 e. The molecule has 0 bridgehead atoms. The zero-order valence-corrected chi connectivity index (χ0v) is 13.4. The molecule has 0 spiro atoms. The van der Waals surface area contributed by atoms with Gasteiger partial charge in [0.2, 0.25) is 0 Å². The van der Waals surface area contributed by atoms with E-state index in [9.17, 15) is 0 Å². The SMILES string of the molecule is Cc1n[nH]c(C)c1CN1CCCC[C@H]1CN1CCOCC1. The van der Waals surface area contributed by atoms with Crippen LogP contribution in [0.2, 0.25) is 0 Å². The number of ether oxygens (including phenoxy) is 1. The van der Waals surface area contributed by atoms with Gasteiger partial charge in [-0.15, -0.1) is 0 Å². The third kappa shape index (κ3) is 3.65. The van der Waals surface area contributed by atoms with Crippen molar-refractivity contribution in [3.63, 3.8) is 0 Å². The number of morpholine rings is 1. The zero-order valence-electron chi connectivity index (χ0n) is 13.4. The first kappa shape index (κ1) is 15.0. The van der Waals surface area contributed by atoms with Gasteiger partial charge < -0.3 is 4.74 Å². The lowest BCUT2D eigenvalue weighted by atomic mass is 10.00. The Bertz CT molecular complexity index is 434. The van der Waals surface area contributed by atoms with Gasteiger partial charge in [0.1, 0.15) is 0 Å². The molecule has 5 heteroatoms. The number of likely N-dealkylation sites (tertiary alicyclic amines) is 1. The van der Waals surface area contributed by atoms with Crippen molar-refractivity contribution in [2.75, 3.05) is 39.4 Å². The van der Waals surface area contributed by atoms with E-state index in [1.54, 1.807) is 0 Å². The Balaban J connectivity index is 1.63. The summed E-state index contributed by atoms with van der Waals surface area (Å²) in [5.41, 5.74) is 3.77. The summed E-state index contributed by atoms with van der Waals surface area (Å²) < 4.78 is 5.46. The average Bonchev–Trinajstić information content (AvgIpc) is 2.82. The fourth-order valence-electron chi connectivity index (χ4n) is 3.57. The lowest BCUT2D eigenvalue weighted by Gasteiger charge is -2.39. The highest BCUT2D eigenvalue weighted by atomic mass is 16.5. The zero-order chi connectivity index (χ0) is 14.7. The number of nitrogens with zero attached hydrogens (tertiary/aromatic N) is 3. The summed E-state index contributed by atoms with van der Waals surface area (Å²) >= 11 is 0. The van der Waals surface area contributed by atoms with E-state index in [2.05, 4.69) is 33.8 Å². The van der Waals surface area contributed by atoms with Crippen LogP contribution in [0.4, 0.5) is 0 Å². The highest BCUT2D eigenvalue weighted by molar-refractivity contribution is 5.23. The van der Waals surface area contributed by atoms with E-state index < -0.39 is 0 Å². The van der Waals surface area contributed by atoms with Crippen LogP contribution in [0, 0.1) is 13.8 Å². The number of rotatable bonds is 4. The standard InChI is InChI=1S/C16H28N4O/c1-13-16(14(2)18-17-13)12-20-6-4-3-5-15(20)11-19-7-9-21-10-8-19/h15H,3-12H2,1-2H3,(H,17,18)/t15-/m0/s1. The van der Waals surface area contributed by atoms with Gasteiger partial charge in [-0.1, -0.05) is 6.42 Å². The Labute approximate surface area is 127 Å². The number of aryl methyl sites for hydroxylation is 2. The van der Waals surface area contributed by atoms with Crippen molar-refractivity contribution in [3.05, 3.63) is 17.0 Å². The maximum atomic E-state index is 5.46. The predicted octanol–water partition coefficient (Wildman–Crippen LogP) is 1.71. The van der Waals surface area contributed by atoms with Crippen molar-refractivity contribution in [2.45, 2.75) is 45.7 Å². The topological polar surface area (TPSA) is 44.4 Å². The fraction of sp³-hybridized carbons (Fsp3) is 0.812. The Morgan fingerprint density at radius 2 is 2.00 bits per heavy atom. The quantitative estimate of drug-likeness (QED) is 0.917. The third-order valence-corrected chi connectivity index (χ3v) is 4.96. The molecule has 2 aliphatic heterocycles. The number of aromatic amines is 1. The van der Waals surface area contributed by atoms with Crippen LogP contribution in [0.5, 0.6) is 0 Å². The molecule has 2 fully saturated rings. The second-order valence-electron chi connectivity index (χ2n) is 6.45. The largest absolute Gasteiger partial charge is 0.379 e. The highest BCUT2D eigenvalue weighted by Gasteiger charge is 2.26. The van der Waals surface area contributed by atoms with Gasteiger partial charge in [0.25, 0.3) is 0 Å². The second-order valence-corrected chi connectivity index (χ2v) is 6.45. The molecular formula is C16H28N4O. The molecule has 1 atom stereocenters. The summed E-state index contributed by atoms with van der Waals surface area (Å²) in [4.78, 5) is 5.24. The van der Waals surface area contributed by atoms with Crippen LogP contribution in [0.25, 0.3) is 0 Å². The molecule has 21 heavy (non-hydrogen) atoms. The van der Waals surface area contributed by atoms with Crippen molar-refractivity contribution in [1.29, 1.82) is 0 Å². The number of hydrogen-bond donors (Lipinski definition) is 1. The third-order valence-electron chi connectivity index (χ3n) is 4.96. The van der Waals surface area contributed by atoms with Crippen LogP contribution in [0.15, 0.2) is 0 Å². The Kier molecular flexibility index (Phi) is 4.93. The van der Waals surface area contributed by atoms with Gasteiger partial charge in [-0.05, 0) is 33.2 Å². The maximum absolute atomic E-state index is 5.46. The predicted molar refractivity (Wildman–Crippen MR) is 83.4 cm³/mol. The molecule has 1 aromatic heterocycles. The lowest BCUT2D eigenvalue weighted by molar-refractivity contribution is 0.0152. The maximum Gasteiger partial charge on any atom is 0.0639 e. The van der Waals surface area contributed by atoms with Crippen molar-refractivity contribution in [1.82, 2.24) is 20.0 Å². The van der Waals surface area contributed by atoms with Crippen LogP contribution in [0.1, 0.15) is 36.2 Å². The molecule has 118 valence electrons. The van der Waals surface area contributed by atoms with E-state index in [4.69, 9.17) is 4.74 Å². The van der Waals surface area contributed by atoms with Crippen molar-refractivity contribution >= 4 is 0 Å². The number of H-pyrrole nitrogens is 1. The van der Waals surface area contributed by atoms with E-state index in [0.717, 1.165) is 38.5 Å². The monoisotopic (exact) mass is 292 g/mol. The molecule has 0 aromatic carbocycles. The number of nitrogens with one attached hydrogen (secondary N) is 1. The van der Waals surface area contributed by atoms with Gasteiger partial charge in [0.05, 0.1) is 18.9 Å². The van der Waals surface area contributed by atoms with E-state index in [1.807, 2.05) is 0 Å². The van der Waals surface area contributed by atoms with E-state index in [1.165, 1.54) is 43.6 Å². The molecule has 1 N–H and O–H groups in total. The van der Waals surface area contributed by atoms with E-state index in [-0.39, 0.29) is 0 Å². The molecule has 3 heterocycles. The second kappa shape index (κ2) is 6.90. The van der Waals surface area contributed by atoms with Crippen molar-refractivity contribution < 1.29 is 4.74 Å². The molecule has 0 radical (unpaired) electrons. The molecule has 0 saturated carbocycles. The van der Waals surface area contributed by atoms with Crippen LogP contribution >= 0.6 is 0 Å². The summed E-state index contributed by atoms with van der Waals surface area (Å²) in [6.45, 7) is 11.7. The van der Waals surface area contributed by atoms with Crippen LogP contribution in [0.3, 0.4) is 0 Å². The highest BCUT2D eigenvalue weighted by Crippen LogP contribution is 2.22. The molecule has 0 aliphatic carbocycles. The molecule has 0 amide bonds. The van der Waals surface area contributed by atoms with E-state index >= 15 is 0 Å². The summed E-state index contributed by atoms with van der Waals surface area (Å²) in [5, 5.41) is 7.46. The molecule has 0 unspecified atom stereocenters. The first-order valence-electron chi connectivity index (χ1n) is 8.28. The molecule has 2 aliphatic rings. The molecule has 5 nitrogen and oxygen atoms in total. The summed E-state index contributed by atoms with van der Waals surface area (Å²) in [6, 6.07) is 0.686. The molecule has 2 saturated heterocycles. The van der Waals surface area contributed by atoms with Gasteiger partial charge in [-0.2, -0.15) is 5.10 Å². The molecule has 3 rings (SSSR count). The van der Waals surface area contributed by atoms with Gasteiger partial charge >= 0.3 is 0 Å². The Morgan fingerprint density at radius 3 is 2.71 bits per heavy atom. The molecule has 1 aromatic rings. The fourth-order valence-corrected chi connectivity index (χ4v) is 3.57. The Morgan fingerprint density at radius 1 is 1.19 bits per heavy atom. The number of hydrogen-bond acceptors (Lipinski definition) is 4. The van der Waals surface area contributed by atoms with Crippen molar-refractivity contribution in [2.24, 2.45) is 0 Å². The lowest BCUT2D eigenvalue weighted by Crippen LogP contribution is -2.49. The van der Waals surface area contributed by atoms with Gasteiger partial charge in [-0.25, -0.2) is 0 Å². The van der Waals surface area contributed by atoms with E-state index in [0.29, 0.717) is 6.04 Å². The van der Waals surface area contributed by atoms with Crippen LogP contribution in [-0.4, -0.2) is 65.4 Å². The molecular weight excluding hydrogens is 264 g/mol. The average molecular weight is 292 g/mol. The minimum atomic E-state index is 0.686. The van der Waals surface area contributed by atoms with Crippen LogP contribution in [-0.2, 0) is 11.3 Å². The normalized spacial score (nSPS) is 25.3. The summed E-state index contributed by atoms with van der Waals surface area (Å²) in [6.07, 6.45) is 4.03. The first-order valence-corrected chi connectivity index (χ1v) is 8.28. The first-order chi connectivity index (χ1) is 10.2.